The minimum atomic E-state index is 0.572. The van der Waals surface area contributed by atoms with Crippen LogP contribution in [0.15, 0.2) is 12.1 Å². The molecular formula is C12H16N4O2. The molecular weight excluding hydrogens is 232 g/mol. The number of nitrogens with two attached hydrogens (primary N) is 1. The highest BCUT2D eigenvalue weighted by molar-refractivity contribution is 5.76. The summed E-state index contributed by atoms with van der Waals surface area (Å²) in [5, 5.41) is 4.20. The van der Waals surface area contributed by atoms with Gasteiger partial charge in [0.05, 0.1) is 14.2 Å². The fourth-order valence-electron chi connectivity index (χ4n) is 1.84. The number of hydrogen-bond donors (Lipinski definition) is 1. The molecule has 96 valence electrons. The molecule has 0 aliphatic rings. The number of rotatable bonds is 3. The Morgan fingerprint density at radius 3 is 2.28 bits per heavy atom. The number of ether oxygens (including phenoxy) is 2. The summed E-state index contributed by atoms with van der Waals surface area (Å²) in [6.45, 7) is 1.83. The Morgan fingerprint density at radius 2 is 1.78 bits per heavy atom. The van der Waals surface area contributed by atoms with Gasteiger partial charge in [-0.15, -0.1) is 0 Å². The molecule has 1 heterocycles. The molecule has 6 nitrogen and oxygen atoms in total. The molecule has 6 heteroatoms. The topological polar surface area (TPSA) is 75.2 Å². The molecule has 0 saturated carbocycles. The van der Waals surface area contributed by atoms with Gasteiger partial charge in [-0.05, 0) is 13.0 Å². The van der Waals surface area contributed by atoms with Crippen molar-refractivity contribution in [2.24, 2.45) is 7.05 Å². The molecule has 1 aromatic heterocycles. The van der Waals surface area contributed by atoms with Crippen LogP contribution in [0.3, 0.4) is 0 Å². The van der Waals surface area contributed by atoms with Gasteiger partial charge in [0.1, 0.15) is 5.82 Å². The quantitative estimate of drug-likeness (QED) is 0.831. The molecule has 0 aliphatic heterocycles. The largest absolute Gasteiger partial charge is 0.493 e. The summed E-state index contributed by atoms with van der Waals surface area (Å²) in [5.74, 6) is 2.60. The predicted molar refractivity (Wildman–Crippen MR) is 68.7 cm³/mol. The normalized spacial score (nSPS) is 10.4. The SMILES string of the molecule is COc1cc(N)c(-c2nc(C)nn2C)cc1OC. The minimum Gasteiger partial charge on any atom is -0.493 e. The first-order valence-electron chi connectivity index (χ1n) is 5.46. The zero-order chi connectivity index (χ0) is 13.3. The van der Waals surface area contributed by atoms with Gasteiger partial charge in [-0.1, -0.05) is 0 Å². The van der Waals surface area contributed by atoms with E-state index in [2.05, 4.69) is 10.1 Å². The highest BCUT2D eigenvalue weighted by Crippen LogP contribution is 2.36. The van der Waals surface area contributed by atoms with E-state index >= 15 is 0 Å². The van der Waals surface area contributed by atoms with Crippen LogP contribution in [-0.4, -0.2) is 29.0 Å². The van der Waals surface area contributed by atoms with Crippen molar-refractivity contribution in [1.29, 1.82) is 0 Å². The lowest BCUT2D eigenvalue weighted by atomic mass is 10.1. The zero-order valence-corrected chi connectivity index (χ0v) is 10.9. The third-order valence-corrected chi connectivity index (χ3v) is 2.67. The van der Waals surface area contributed by atoms with Crippen LogP contribution in [0.4, 0.5) is 5.69 Å². The second-order valence-electron chi connectivity index (χ2n) is 3.90. The summed E-state index contributed by atoms with van der Waals surface area (Å²) in [5.41, 5.74) is 7.36. The highest BCUT2D eigenvalue weighted by atomic mass is 16.5. The molecule has 0 saturated heterocycles. The summed E-state index contributed by atoms with van der Waals surface area (Å²) < 4.78 is 12.1. The van der Waals surface area contributed by atoms with Gasteiger partial charge in [-0.3, -0.25) is 0 Å². The van der Waals surface area contributed by atoms with E-state index in [0.29, 0.717) is 28.8 Å². The Kier molecular flexibility index (Phi) is 3.10. The van der Waals surface area contributed by atoms with Gasteiger partial charge in [0, 0.05) is 24.4 Å². The number of aromatic nitrogens is 3. The van der Waals surface area contributed by atoms with Crippen LogP contribution in [0.2, 0.25) is 0 Å². The predicted octanol–water partition coefficient (Wildman–Crippen LogP) is 1.39. The number of nitrogens with zero attached hydrogens (tertiary/aromatic N) is 3. The van der Waals surface area contributed by atoms with Crippen molar-refractivity contribution in [3.63, 3.8) is 0 Å². The Labute approximate surface area is 105 Å². The molecule has 2 rings (SSSR count). The molecule has 0 amide bonds. The van der Waals surface area contributed by atoms with E-state index in [1.807, 2.05) is 14.0 Å². The van der Waals surface area contributed by atoms with E-state index in [4.69, 9.17) is 15.2 Å². The molecule has 0 fully saturated rings. The van der Waals surface area contributed by atoms with Crippen LogP contribution in [0.25, 0.3) is 11.4 Å². The summed E-state index contributed by atoms with van der Waals surface area (Å²) in [4.78, 5) is 4.35. The fraction of sp³-hybridized carbons (Fsp3) is 0.333. The maximum Gasteiger partial charge on any atom is 0.162 e. The molecule has 0 radical (unpaired) electrons. The van der Waals surface area contributed by atoms with Crippen molar-refractivity contribution in [2.75, 3.05) is 20.0 Å². The van der Waals surface area contributed by atoms with Crippen LogP contribution >= 0.6 is 0 Å². The number of nitrogen functional groups attached to an aromatic ring is 1. The van der Waals surface area contributed by atoms with Gasteiger partial charge >= 0.3 is 0 Å². The highest BCUT2D eigenvalue weighted by Gasteiger charge is 2.15. The average Bonchev–Trinajstić information content (AvgIpc) is 2.68. The molecule has 0 bridgehead atoms. The van der Waals surface area contributed by atoms with E-state index in [9.17, 15) is 0 Å². The Hall–Kier alpha value is -2.24. The van der Waals surface area contributed by atoms with Crippen molar-refractivity contribution < 1.29 is 9.47 Å². The fourth-order valence-corrected chi connectivity index (χ4v) is 1.84. The first-order chi connectivity index (χ1) is 8.56. The van der Waals surface area contributed by atoms with Gasteiger partial charge in [0.15, 0.2) is 17.3 Å². The number of hydrogen-bond acceptors (Lipinski definition) is 5. The summed E-state index contributed by atoms with van der Waals surface area (Å²) >= 11 is 0. The summed E-state index contributed by atoms with van der Waals surface area (Å²) in [6, 6.07) is 3.52. The lowest BCUT2D eigenvalue weighted by Gasteiger charge is -2.11. The Balaban J connectivity index is 2.61. The molecule has 0 unspecified atom stereocenters. The van der Waals surface area contributed by atoms with E-state index in [1.165, 1.54) is 0 Å². The van der Waals surface area contributed by atoms with Crippen LogP contribution < -0.4 is 15.2 Å². The van der Waals surface area contributed by atoms with Gasteiger partial charge < -0.3 is 15.2 Å². The van der Waals surface area contributed by atoms with Crippen LogP contribution in [0, 0.1) is 6.92 Å². The van der Waals surface area contributed by atoms with Gasteiger partial charge in [0.25, 0.3) is 0 Å². The molecule has 0 aliphatic carbocycles. The molecule has 2 N–H and O–H groups in total. The number of methoxy groups -OCH3 is 2. The van der Waals surface area contributed by atoms with Gasteiger partial charge in [0.2, 0.25) is 0 Å². The van der Waals surface area contributed by atoms with Crippen molar-refractivity contribution in [2.45, 2.75) is 6.92 Å². The Bertz CT molecular complexity index is 578. The molecule has 0 spiro atoms. The van der Waals surface area contributed by atoms with Crippen LogP contribution in [0.1, 0.15) is 5.82 Å². The minimum absolute atomic E-state index is 0.572. The number of benzene rings is 1. The van der Waals surface area contributed by atoms with Gasteiger partial charge in [-0.2, -0.15) is 5.10 Å². The maximum atomic E-state index is 6.01. The van der Waals surface area contributed by atoms with E-state index < -0.39 is 0 Å². The van der Waals surface area contributed by atoms with E-state index in [-0.39, 0.29) is 0 Å². The standard InChI is InChI=1S/C12H16N4O2/c1-7-14-12(16(2)15-7)8-5-10(17-3)11(18-4)6-9(8)13/h5-6H,13H2,1-4H3. The maximum absolute atomic E-state index is 6.01. The summed E-state index contributed by atoms with van der Waals surface area (Å²) in [7, 11) is 4.98. The van der Waals surface area contributed by atoms with Crippen molar-refractivity contribution in [3.8, 4) is 22.9 Å². The van der Waals surface area contributed by atoms with Crippen molar-refractivity contribution in [3.05, 3.63) is 18.0 Å². The molecule has 18 heavy (non-hydrogen) atoms. The van der Waals surface area contributed by atoms with E-state index in [0.717, 1.165) is 5.56 Å². The van der Waals surface area contributed by atoms with Crippen LogP contribution in [0.5, 0.6) is 11.5 Å². The molecule has 0 atom stereocenters. The third kappa shape index (κ3) is 1.97. The second kappa shape index (κ2) is 4.56. The van der Waals surface area contributed by atoms with E-state index in [1.54, 1.807) is 31.0 Å². The third-order valence-electron chi connectivity index (χ3n) is 2.67. The van der Waals surface area contributed by atoms with Crippen molar-refractivity contribution in [1.82, 2.24) is 14.8 Å². The first-order valence-corrected chi connectivity index (χ1v) is 5.46. The second-order valence-corrected chi connectivity index (χ2v) is 3.90. The first kappa shape index (κ1) is 12.2. The molecule has 2 aromatic rings. The zero-order valence-electron chi connectivity index (χ0n) is 10.9. The monoisotopic (exact) mass is 248 g/mol. The Morgan fingerprint density at radius 1 is 1.17 bits per heavy atom. The average molecular weight is 248 g/mol. The smallest absolute Gasteiger partial charge is 0.162 e. The number of anilines is 1. The van der Waals surface area contributed by atoms with Crippen LogP contribution in [-0.2, 0) is 7.05 Å². The number of aryl methyl sites for hydroxylation is 2. The van der Waals surface area contributed by atoms with Crippen molar-refractivity contribution >= 4 is 5.69 Å². The molecule has 1 aromatic carbocycles. The summed E-state index contributed by atoms with van der Waals surface area (Å²) in [6.07, 6.45) is 0. The lowest BCUT2D eigenvalue weighted by molar-refractivity contribution is 0.355. The van der Waals surface area contributed by atoms with Gasteiger partial charge in [-0.25, -0.2) is 9.67 Å². The lowest BCUT2D eigenvalue weighted by Crippen LogP contribution is -2.00.